The molecule has 0 spiro atoms. The van der Waals surface area contributed by atoms with E-state index in [0.29, 0.717) is 17.5 Å². The van der Waals surface area contributed by atoms with Crippen molar-refractivity contribution in [2.45, 2.75) is 0 Å². The Morgan fingerprint density at radius 3 is 1.59 bits per heavy atom. The van der Waals surface area contributed by atoms with Gasteiger partial charge in [0.1, 0.15) is 11.2 Å². The van der Waals surface area contributed by atoms with Crippen LogP contribution in [0.2, 0.25) is 0 Å². The molecule has 0 N–H and O–H groups in total. The summed E-state index contributed by atoms with van der Waals surface area (Å²) in [6, 6.07) is 42.9. The van der Waals surface area contributed by atoms with Crippen molar-refractivity contribution in [3.05, 3.63) is 127 Å². The molecule has 0 fully saturated rings. The van der Waals surface area contributed by atoms with E-state index in [2.05, 4.69) is 42.5 Å². The number of furan rings is 1. The second kappa shape index (κ2) is 8.85. The summed E-state index contributed by atoms with van der Waals surface area (Å²) in [6.07, 6.45) is 0. The topological polar surface area (TPSA) is 51.8 Å². The summed E-state index contributed by atoms with van der Waals surface area (Å²) >= 11 is 0. The minimum Gasteiger partial charge on any atom is -0.455 e. The van der Waals surface area contributed by atoms with Crippen molar-refractivity contribution in [1.82, 2.24) is 15.0 Å². The first kappa shape index (κ1) is 21.2. The maximum absolute atomic E-state index is 6.42. The number of hydrogen-bond donors (Lipinski definition) is 0. The molecule has 2 heterocycles. The fraction of sp³-hybridized carbons (Fsp3) is 0. The van der Waals surface area contributed by atoms with Crippen LogP contribution in [0.4, 0.5) is 0 Å². The molecule has 0 amide bonds. The molecule has 0 unspecified atom stereocenters. The Hall–Kier alpha value is -5.09. The first-order valence-corrected chi connectivity index (χ1v) is 12.2. The quantitative estimate of drug-likeness (QED) is 0.256. The van der Waals surface area contributed by atoms with Crippen LogP contribution in [0, 0.1) is 0 Å². The van der Waals surface area contributed by atoms with Gasteiger partial charge in [0.15, 0.2) is 17.5 Å². The SMILES string of the molecule is c1ccc(-c2ccc3oc4c(-c5nc(-c6ccccc6)nc(-c6ccccc6)n5)cccc4c3c2)cc1. The van der Waals surface area contributed by atoms with E-state index in [4.69, 9.17) is 19.4 Å². The van der Waals surface area contributed by atoms with Gasteiger partial charge in [-0.1, -0.05) is 109 Å². The van der Waals surface area contributed by atoms with Gasteiger partial charge < -0.3 is 4.42 Å². The van der Waals surface area contributed by atoms with Crippen molar-refractivity contribution in [2.75, 3.05) is 0 Å². The second-order valence-corrected chi connectivity index (χ2v) is 8.90. The van der Waals surface area contributed by atoms with Crippen LogP contribution in [0.3, 0.4) is 0 Å². The molecule has 0 aliphatic rings. The Morgan fingerprint density at radius 2 is 0.973 bits per heavy atom. The Morgan fingerprint density at radius 1 is 0.405 bits per heavy atom. The van der Waals surface area contributed by atoms with E-state index in [9.17, 15) is 0 Å². The molecular weight excluding hydrogens is 454 g/mol. The van der Waals surface area contributed by atoms with E-state index in [0.717, 1.165) is 44.2 Å². The Balaban J connectivity index is 1.44. The highest BCUT2D eigenvalue weighted by Crippen LogP contribution is 2.37. The molecule has 0 saturated heterocycles. The molecule has 0 aliphatic heterocycles. The first-order chi connectivity index (χ1) is 18.3. The largest absolute Gasteiger partial charge is 0.455 e. The maximum atomic E-state index is 6.42. The fourth-order valence-corrected chi connectivity index (χ4v) is 4.71. The van der Waals surface area contributed by atoms with E-state index in [1.807, 2.05) is 84.9 Å². The number of hydrogen-bond acceptors (Lipinski definition) is 4. The molecule has 7 rings (SSSR count). The van der Waals surface area contributed by atoms with Crippen LogP contribution in [0.25, 0.3) is 67.2 Å². The van der Waals surface area contributed by atoms with E-state index < -0.39 is 0 Å². The highest BCUT2D eigenvalue weighted by atomic mass is 16.3. The highest BCUT2D eigenvalue weighted by molar-refractivity contribution is 6.10. The van der Waals surface area contributed by atoms with Gasteiger partial charge in [0.2, 0.25) is 0 Å². The molecule has 4 nitrogen and oxygen atoms in total. The van der Waals surface area contributed by atoms with E-state index >= 15 is 0 Å². The zero-order valence-corrected chi connectivity index (χ0v) is 19.9. The molecule has 2 aromatic heterocycles. The lowest BCUT2D eigenvalue weighted by Crippen LogP contribution is -2.00. The maximum Gasteiger partial charge on any atom is 0.167 e. The van der Waals surface area contributed by atoms with Crippen molar-refractivity contribution in [3.63, 3.8) is 0 Å². The fourth-order valence-electron chi connectivity index (χ4n) is 4.71. The van der Waals surface area contributed by atoms with Crippen LogP contribution >= 0.6 is 0 Å². The summed E-state index contributed by atoms with van der Waals surface area (Å²) in [5, 5.41) is 2.10. The molecule has 0 bridgehead atoms. The van der Waals surface area contributed by atoms with Crippen LogP contribution in [-0.4, -0.2) is 15.0 Å². The van der Waals surface area contributed by atoms with Crippen molar-refractivity contribution in [3.8, 4) is 45.3 Å². The van der Waals surface area contributed by atoms with Gasteiger partial charge in [-0.05, 0) is 29.3 Å². The van der Waals surface area contributed by atoms with Crippen molar-refractivity contribution >= 4 is 21.9 Å². The summed E-state index contributed by atoms with van der Waals surface area (Å²) < 4.78 is 6.42. The normalized spacial score (nSPS) is 11.2. The van der Waals surface area contributed by atoms with E-state index in [1.54, 1.807) is 0 Å². The number of benzene rings is 5. The number of para-hydroxylation sites is 1. The highest BCUT2D eigenvalue weighted by Gasteiger charge is 2.17. The molecular formula is C33H21N3O. The molecule has 0 saturated carbocycles. The predicted octanol–water partition coefficient (Wildman–Crippen LogP) is 8.44. The monoisotopic (exact) mass is 475 g/mol. The van der Waals surface area contributed by atoms with Crippen LogP contribution in [-0.2, 0) is 0 Å². The van der Waals surface area contributed by atoms with Gasteiger partial charge in [-0.15, -0.1) is 0 Å². The third-order valence-corrected chi connectivity index (χ3v) is 6.54. The predicted molar refractivity (Wildman–Crippen MR) is 149 cm³/mol. The van der Waals surface area contributed by atoms with Gasteiger partial charge in [-0.3, -0.25) is 0 Å². The zero-order chi connectivity index (χ0) is 24.6. The first-order valence-electron chi connectivity index (χ1n) is 12.2. The van der Waals surface area contributed by atoms with Crippen LogP contribution < -0.4 is 0 Å². The van der Waals surface area contributed by atoms with Gasteiger partial charge in [0.05, 0.1) is 5.56 Å². The van der Waals surface area contributed by atoms with Crippen LogP contribution in [0.15, 0.2) is 132 Å². The summed E-state index contributed by atoms with van der Waals surface area (Å²) in [5.41, 5.74) is 6.65. The summed E-state index contributed by atoms with van der Waals surface area (Å²) in [7, 11) is 0. The average Bonchev–Trinajstić information content (AvgIpc) is 3.36. The van der Waals surface area contributed by atoms with Gasteiger partial charge in [0, 0.05) is 21.9 Å². The molecule has 5 aromatic carbocycles. The van der Waals surface area contributed by atoms with Gasteiger partial charge in [-0.25, -0.2) is 15.0 Å². The van der Waals surface area contributed by atoms with Crippen LogP contribution in [0.1, 0.15) is 0 Å². The van der Waals surface area contributed by atoms with Gasteiger partial charge in [-0.2, -0.15) is 0 Å². The summed E-state index contributed by atoms with van der Waals surface area (Å²) in [5.74, 6) is 1.84. The molecule has 4 heteroatoms. The molecule has 174 valence electrons. The summed E-state index contributed by atoms with van der Waals surface area (Å²) in [6.45, 7) is 0. The molecule has 0 atom stereocenters. The minimum atomic E-state index is 0.584. The van der Waals surface area contributed by atoms with Gasteiger partial charge in [0.25, 0.3) is 0 Å². The standard InChI is InChI=1S/C33H21N3O/c1-4-11-22(12-5-1)25-19-20-29-28(21-25)26-17-10-18-27(30(26)37-29)33-35-31(23-13-6-2-7-14-23)34-32(36-33)24-15-8-3-9-16-24/h1-21H. The lowest BCUT2D eigenvalue weighted by Gasteiger charge is -2.08. The number of nitrogens with zero attached hydrogens (tertiary/aromatic N) is 3. The lowest BCUT2D eigenvalue weighted by molar-refractivity contribution is 0.669. The van der Waals surface area contributed by atoms with Crippen LogP contribution in [0.5, 0.6) is 0 Å². The zero-order valence-electron chi connectivity index (χ0n) is 19.9. The number of rotatable bonds is 4. The molecule has 7 aromatic rings. The lowest BCUT2D eigenvalue weighted by atomic mass is 10.0. The number of aromatic nitrogens is 3. The third kappa shape index (κ3) is 3.85. The van der Waals surface area contributed by atoms with Gasteiger partial charge >= 0.3 is 0 Å². The Labute approximate surface area is 213 Å². The van der Waals surface area contributed by atoms with E-state index in [1.165, 1.54) is 5.56 Å². The Bertz CT molecular complexity index is 1800. The number of fused-ring (bicyclic) bond motifs is 3. The molecule has 0 aliphatic carbocycles. The van der Waals surface area contributed by atoms with E-state index in [-0.39, 0.29) is 0 Å². The molecule has 0 radical (unpaired) electrons. The van der Waals surface area contributed by atoms with Crippen molar-refractivity contribution < 1.29 is 4.42 Å². The van der Waals surface area contributed by atoms with Crippen molar-refractivity contribution in [2.24, 2.45) is 0 Å². The van der Waals surface area contributed by atoms with Crippen molar-refractivity contribution in [1.29, 1.82) is 0 Å². The second-order valence-electron chi connectivity index (χ2n) is 8.90. The Kier molecular flexibility index (Phi) is 5.07. The summed E-state index contributed by atoms with van der Waals surface area (Å²) in [4.78, 5) is 14.6. The minimum absolute atomic E-state index is 0.584. The average molecular weight is 476 g/mol. The molecule has 37 heavy (non-hydrogen) atoms. The third-order valence-electron chi connectivity index (χ3n) is 6.54. The smallest absolute Gasteiger partial charge is 0.167 e.